The molecule has 1 aromatic heterocycles. The molecule has 0 aromatic carbocycles. The highest BCUT2D eigenvalue weighted by Crippen LogP contribution is 2.22. The summed E-state index contributed by atoms with van der Waals surface area (Å²) in [6.07, 6.45) is 0.939. The zero-order valence-electron chi connectivity index (χ0n) is 11.8. The maximum atomic E-state index is 11.7. The molecule has 2 N–H and O–H groups in total. The number of hydrogen-bond donors (Lipinski definition) is 2. The van der Waals surface area contributed by atoms with Crippen molar-refractivity contribution < 1.29 is 9.59 Å². The van der Waals surface area contributed by atoms with Gasteiger partial charge < -0.3 is 0 Å². The van der Waals surface area contributed by atoms with Gasteiger partial charge >= 0.3 is 0 Å². The SMILES string of the molecule is Cc1nn(C)c(C)c1C(C)NC1CCC(=O)NC1=O. The van der Waals surface area contributed by atoms with Gasteiger partial charge in [0.1, 0.15) is 0 Å². The Morgan fingerprint density at radius 3 is 2.63 bits per heavy atom. The van der Waals surface area contributed by atoms with Crippen LogP contribution in [0.2, 0.25) is 0 Å². The molecule has 1 aliphatic heterocycles. The number of nitrogens with one attached hydrogen (secondary N) is 2. The van der Waals surface area contributed by atoms with Gasteiger partial charge in [-0.15, -0.1) is 0 Å². The second kappa shape index (κ2) is 5.13. The van der Waals surface area contributed by atoms with Crippen LogP contribution in [-0.4, -0.2) is 27.6 Å². The van der Waals surface area contributed by atoms with Gasteiger partial charge in [0.25, 0.3) is 0 Å². The lowest BCUT2D eigenvalue weighted by molar-refractivity contribution is -0.134. The predicted octanol–water partition coefficient (Wildman–Crippen LogP) is 0.493. The van der Waals surface area contributed by atoms with E-state index >= 15 is 0 Å². The summed E-state index contributed by atoms with van der Waals surface area (Å²) in [6, 6.07) is -0.288. The standard InChI is InChI=1S/C13H20N4O2/c1-7(12-8(2)16-17(4)9(12)3)14-10-5-6-11(18)15-13(10)19/h7,10,14H,5-6H2,1-4H3,(H,15,18,19). The van der Waals surface area contributed by atoms with Gasteiger partial charge in [-0.1, -0.05) is 0 Å². The van der Waals surface area contributed by atoms with Crippen molar-refractivity contribution in [3.05, 3.63) is 17.0 Å². The average Bonchev–Trinajstić information content (AvgIpc) is 2.57. The maximum Gasteiger partial charge on any atom is 0.243 e. The van der Waals surface area contributed by atoms with Gasteiger partial charge in [0.15, 0.2) is 0 Å². The van der Waals surface area contributed by atoms with E-state index in [1.165, 1.54) is 0 Å². The number of nitrogens with zero attached hydrogens (tertiary/aromatic N) is 2. The molecule has 104 valence electrons. The Morgan fingerprint density at radius 1 is 1.42 bits per heavy atom. The van der Waals surface area contributed by atoms with Crippen LogP contribution in [0, 0.1) is 13.8 Å². The first kappa shape index (κ1) is 13.7. The normalized spacial score (nSPS) is 21.4. The van der Waals surface area contributed by atoms with E-state index in [9.17, 15) is 9.59 Å². The molecule has 0 spiro atoms. The number of aryl methyl sites for hydroxylation is 2. The molecule has 0 bridgehead atoms. The summed E-state index contributed by atoms with van der Waals surface area (Å²) in [5.41, 5.74) is 3.17. The van der Waals surface area contributed by atoms with Gasteiger partial charge in [-0.3, -0.25) is 24.9 Å². The van der Waals surface area contributed by atoms with Gasteiger partial charge in [0.2, 0.25) is 11.8 Å². The fraction of sp³-hybridized carbons (Fsp3) is 0.615. The van der Waals surface area contributed by atoms with Crippen molar-refractivity contribution in [1.29, 1.82) is 0 Å². The van der Waals surface area contributed by atoms with E-state index in [1.807, 2.05) is 32.5 Å². The lowest BCUT2D eigenvalue weighted by atomic mass is 10.0. The number of rotatable bonds is 3. The maximum absolute atomic E-state index is 11.7. The summed E-state index contributed by atoms with van der Waals surface area (Å²) >= 11 is 0. The molecule has 0 saturated carbocycles. The number of amides is 2. The number of hydrogen-bond acceptors (Lipinski definition) is 4. The van der Waals surface area contributed by atoms with Gasteiger partial charge in [-0.05, 0) is 27.2 Å². The molecule has 1 aliphatic rings. The number of carbonyl (C=O) groups is 2. The van der Waals surface area contributed by atoms with E-state index in [1.54, 1.807) is 0 Å². The van der Waals surface area contributed by atoms with Crippen molar-refractivity contribution in [3.8, 4) is 0 Å². The molecule has 1 aromatic rings. The predicted molar refractivity (Wildman–Crippen MR) is 70.4 cm³/mol. The van der Waals surface area contributed by atoms with E-state index in [-0.39, 0.29) is 23.9 Å². The first-order chi connectivity index (χ1) is 8.90. The van der Waals surface area contributed by atoms with Gasteiger partial charge in [-0.2, -0.15) is 5.10 Å². The summed E-state index contributed by atoms with van der Waals surface area (Å²) < 4.78 is 1.84. The monoisotopic (exact) mass is 264 g/mol. The summed E-state index contributed by atoms with van der Waals surface area (Å²) in [6.45, 7) is 5.99. The third-order valence-corrected chi connectivity index (χ3v) is 3.69. The highest BCUT2D eigenvalue weighted by atomic mass is 16.2. The molecule has 2 amide bonds. The van der Waals surface area contributed by atoms with Crippen LogP contribution >= 0.6 is 0 Å². The Hall–Kier alpha value is -1.69. The number of piperidine rings is 1. The first-order valence-electron chi connectivity index (χ1n) is 6.50. The average molecular weight is 264 g/mol. The largest absolute Gasteiger partial charge is 0.299 e. The molecule has 2 atom stereocenters. The third-order valence-electron chi connectivity index (χ3n) is 3.69. The second-order valence-corrected chi connectivity index (χ2v) is 5.10. The van der Waals surface area contributed by atoms with Crippen LogP contribution in [-0.2, 0) is 16.6 Å². The molecule has 1 saturated heterocycles. The molecule has 6 nitrogen and oxygen atoms in total. The van der Waals surface area contributed by atoms with Crippen molar-refractivity contribution in [2.45, 2.75) is 45.7 Å². The van der Waals surface area contributed by atoms with Crippen molar-refractivity contribution in [2.24, 2.45) is 7.05 Å². The van der Waals surface area contributed by atoms with Crippen molar-refractivity contribution in [1.82, 2.24) is 20.4 Å². The van der Waals surface area contributed by atoms with Crippen LogP contribution in [0.1, 0.15) is 42.8 Å². The topological polar surface area (TPSA) is 76.0 Å². The molecule has 0 aliphatic carbocycles. The van der Waals surface area contributed by atoms with E-state index < -0.39 is 0 Å². The quantitative estimate of drug-likeness (QED) is 0.779. The van der Waals surface area contributed by atoms with Crippen molar-refractivity contribution in [2.75, 3.05) is 0 Å². The van der Waals surface area contributed by atoms with Crippen LogP contribution in [0.5, 0.6) is 0 Å². The lowest BCUT2D eigenvalue weighted by Crippen LogP contribution is -2.51. The van der Waals surface area contributed by atoms with E-state index in [0.717, 1.165) is 17.0 Å². The van der Waals surface area contributed by atoms with Crippen LogP contribution in [0.3, 0.4) is 0 Å². The number of imide groups is 1. The van der Waals surface area contributed by atoms with Crippen molar-refractivity contribution >= 4 is 11.8 Å². The first-order valence-corrected chi connectivity index (χ1v) is 6.50. The van der Waals surface area contributed by atoms with Gasteiger partial charge in [-0.25, -0.2) is 0 Å². The van der Waals surface area contributed by atoms with Crippen molar-refractivity contribution in [3.63, 3.8) is 0 Å². The van der Waals surface area contributed by atoms with E-state index in [0.29, 0.717) is 12.8 Å². The van der Waals surface area contributed by atoms with Crippen LogP contribution < -0.4 is 10.6 Å². The van der Waals surface area contributed by atoms with Crippen LogP contribution in [0.25, 0.3) is 0 Å². The minimum absolute atomic E-state index is 0.0256. The molecule has 2 heterocycles. The second-order valence-electron chi connectivity index (χ2n) is 5.10. The van der Waals surface area contributed by atoms with Gasteiger partial charge in [0.05, 0.1) is 11.7 Å². The minimum atomic E-state index is -0.313. The van der Waals surface area contributed by atoms with Crippen LogP contribution in [0.4, 0.5) is 0 Å². The highest BCUT2D eigenvalue weighted by Gasteiger charge is 2.28. The summed E-state index contributed by atoms with van der Waals surface area (Å²) in [4.78, 5) is 22.8. The fourth-order valence-corrected chi connectivity index (χ4v) is 2.65. The summed E-state index contributed by atoms with van der Waals surface area (Å²) in [5.74, 6) is -0.424. The highest BCUT2D eigenvalue weighted by molar-refractivity contribution is 6.00. The fourth-order valence-electron chi connectivity index (χ4n) is 2.65. The molecule has 6 heteroatoms. The molecule has 19 heavy (non-hydrogen) atoms. The molecule has 2 unspecified atom stereocenters. The summed E-state index contributed by atoms with van der Waals surface area (Å²) in [5, 5.41) is 10.0. The lowest BCUT2D eigenvalue weighted by Gasteiger charge is -2.25. The minimum Gasteiger partial charge on any atom is -0.299 e. The third kappa shape index (κ3) is 2.68. The molecular weight excluding hydrogens is 244 g/mol. The Morgan fingerprint density at radius 2 is 2.11 bits per heavy atom. The van der Waals surface area contributed by atoms with E-state index in [4.69, 9.17) is 0 Å². The molecule has 2 rings (SSSR count). The number of carbonyl (C=O) groups excluding carboxylic acids is 2. The molecule has 1 fully saturated rings. The Labute approximate surface area is 112 Å². The van der Waals surface area contributed by atoms with Crippen LogP contribution in [0.15, 0.2) is 0 Å². The zero-order valence-corrected chi connectivity index (χ0v) is 11.8. The zero-order chi connectivity index (χ0) is 14.2. The Kier molecular flexibility index (Phi) is 3.71. The summed E-state index contributed by atoms with van der Waals surface area (Å²) in [7, 11) is 1.91. The molecular formula is C13H20N4O2. The van der Waals surface area contributed by atoms with E-state index in [2.05, 4.69) is 15.7 Å². The Balaban J connectivity index is 2.11. The molecule has 0 radical (unpaired) electrons. The van der Waals surface area contributed by atoms with Gasteiger partial charge in [0, 0.05) is 30.8 Å². The number of aromatic nitrogens is 2. The smallest absolute Gasteiger partial charge is 0.243 e. The Bertz CT molecular complexity index is 521.